The lowest BCUT2D eigenvalue weighted by molar-refractivity contribution is 0.175. The van der Waals surface area contributed by atoms with E-state index in [2.05, 4.69) is 17.3 Å². The first-order chi connectivity index (χ1) is 8.59. The minimum atomic E-state index is -2.78. The van der Waals surface area contributed by atoms with Crippen molar-refractivity contribution >= 4 is 9.84 Å². The lowest BCUT2D eigenvalue weighted by Gasteiger charge is -2.32. The van der Waals surface area contributed by atoms with Crippen molar-refractivity contribution in [1.29, 1.82) is 0 Å². The van der Waals surface area contributed by atoms with Crippen molar-refractivity contribution in [3.8, 4) is 0 Å². The monoisotopic (exact) mass is 274 g/mol. The molecule has 2 rings (SSSR count). The zero-order chi connectivity index (χ0) is 13.0. The Labute approximate surface area is 111 Å². The molecule has 2 aliphatic heterocycles. The third-order valence-electron chi connectivity index (χ3n) is 4.41. The molecule has 2 unspecified atom stereocenters. The summed E-state index contributed by atoms with van der Waals surface area (Å²) in [6, 6.07) is 0.687. The van der Waals surface area contributed by atoms with E-state index < -0.39 is 9.84 Å². The molecular weight excluding hydrogens is 248 g/mol. The molecule has 0 aromatic rings. The van der Waals surface area contributed by atoms with Crippen molar-refractivity contribution in [2.75, 3.05) is 32.4 Å². The van der Waals surface area contributed by atoms with Crippen molar-refractivity contribution in [1.82, 2.24) is 10.2 Å². The summed E-state index contributed by atoms with van der Waals surface area (Å²) in [5.41, 5.74) is 0. The Bertz CT molecular complexity index is 356. The van der Waals surface area contributed by atoms with Crippen molar-refractivity contribution in [2.24, 2.45) is 0 Å². The molecule has 2 heterocycles. The van der Waals surface area contributed by atoms with E-state index in [0.29, 0.717) is 18.3 Å². The summed E-state index contributed by atoms with van der Waals surface area (Å²) in [4.78, 5) is 2.44. The van der Waals surface area contributed by atoms with E-state index in [9.17, 15) is 8.42 Å². The predicted octanol–water partition coefficient (Wildman–Crippen LogP) is 1.03. The van der Waals surface area contributed by atoms with Gasteiger partial charge in [-0.1, -0.05) is 6.42 Å². The first-order valence-corrected chi connectivity index (χ1v) is 8.93. The molecule has 5 heteroatoms. The molecule has 0 saturated carbocycles. The number of hydrogen-bond acceptors (Lipinski definition) is 4. The van der Waals surface area contributed by atoms with Crippen LogP contribution in [0.25, 0.3) is 0 Å². The van der Waals surface area contributed by atoms with Crippen LogP contribution in [0.15, 0.2) is 0 Å². The summed E-state index contributed by atoms with van der Waals surface area (Å²) in [5.74, 6) is 0.394. The topological polar surface area (TPSA) is 49.4 Å². The maximum Gasteiger partial charge on any atom is 0.154 e. The zero-order valence-electron chi connectivity index (χ0n) is 11.4. The fourth-order valence-electron chi connectivity index (χ4n) is 3.13. The Balaban J connectivity index is 1.64. The predicted molar refractivity (Wildman–Crippen MR) is 74.6 cm³/mol. The van der Waals surface area contributed by atoms with Crippen LogP contribution in [0.3, 0.4) is 0 Å². The Morgan fingerprint density at radius 1 is 1.22 bits per heavy atom. The normalized spacial score (nSPS) is 32.7. The molecule has 106 valence electrons. The van der Waals surface area contributed by atoms with Gasteiger partial charge in [-0.3, -0.25) is 0 Å². The van der Waals surface area contributed by atoms with E-state index in [-0.39, 0.29) is 5.25 Å². The van der Waals surface area contributed by atoms with Crippen LogP contribution in [0.4, 0.5) is 0 Å². The van der Waals surface area contributed by atoms with Gasteiger partial charge in [-0.05, 0) is 52.2 Å². The number of hydrogen-bond donors (Lipinski definition) is 1. The highest BCUT2D eigenvalue weighted by Gasteiger charge is 2.30. The molecule has 1 N–H and O–H groups in total. The van der Waals surface area contributed by atoms with Gasteiger partial charge >= 0.3 is 0 Å². The SMILES string of the molecule is CN1CCCCC1CCNCC1CCCS1(=O)=O. The summed E-state index contributed by atoms with van der Waals surface area (Å²) in [6.45, 7) is 2.81. The Morgan fingerprint density at radius 3 is 2.72 bits per heavy atom. The summed E-state index contributed by atoms with van der Waals surface area (Å²) in [7, 11) is -0.576. The van der Waals surface area contributed by atoms with Crippen LogP contribution >= 0.6 is 0 Å². The molecule has 4 nitrogen and oxygen atoms in total. The molecule has 2 saturated heterocycles. The first-order valence-electron chi connectivity index (χ1n) is 7.22. The smallest absolute Gasteiger partial charge is 0.154 e. The summed E-state index contributed by atoms with van der Waals surface area (Å²) < 4.78 is 23.3. The molecule has 2 fully saturated rings. The molecule has 0 aromatic heterocycles. The van der Waals surface area contributed by atoms with Crippen LogP contribution in [0.2, 0.25) is 0 Å². The summed E-state index contributed by atoms with van der Waals surface area (Å²) in [6.07, 6.45) is 6.79. The van der Waals surface area contributed by atoms with Crippen LogP contribution in [0, 0.1) is 0 Å². The molecule has 0 radical (unpaired) electrons. The third-order valence-corrected chi connectivity index (χ3v) is 6.69. The van der Waals surface area contributed by atoms with E-state index in [0.717, 1.165) is 25.8 Å². The standard InChI is InChI=1S/C13H26N2O2S/c1-15-9-3-2-5-12(15)7-8-14-11-13-6-4-10-18(13,16)17/h12-14H,2-11H2,1H3. The number of rotatable bonds is 5. The van der Waals surface area contributed by atoms with Crippen molar-refractivity contribution in [2.45, 2.75) is 49.8 Å². The second-order valence-corrected chi connectivity index (χ2v) is 8.15. The van der Waals surface area contributed by atoms with Gasteiger partial charge in [-0.25, -0.2) is 8.42 Å². The maximum absolute atomic E-state index is 11.7. The molecule has 0 aromatic carbocycles. The molecule has 0 amide bonds. The zero-order valence-corrected chi connectivity index (χ0v) is 12.2. The van der Waals surface area contributed by atoms with Crippen LogP contribution < -0.4 is 5.32 Å². The molecule has 0 spiro atoms. The minimum Gasteiger partial charge on any atom is -0.315 e. The third kappa shape index (κ3) is 3.68. The van der Waals surface area contributed by atoms with Gasteiger partial charge in [0.1, 0.15) is 0 Å². The average molecular weight is 274 g/mol. The van der Waals surface area contributed by atoms with Crippen LogP contribution in [0.1, 0.15) is 38.5 Å². The van der Waals surface area contributed by atoms with Gasteiger partial charge in [0.25, 0.3) is 0 Å². The fraction of sp³-hybridized carbons (Fsp3) is 1.00. The number of nitrogens with one attached hydrogen (secondary N) is 1. The van der Waals surface area contributed by atoms with E-state index >= 15 is 0 Å². The van der Waals surface area contributed by atoms with Crippen molar-refractivity contribution < 1.29 is 8.42 Å². The highest BCUT2D eigenvalue weighted by atomic mass is 32.2. The fourth-order valence-corrected chi connectivity index (χ4v) is 4.93. The average Bonchev–Trinajstić information content (AvgIpc) is 2.66. The quantitative estimate of drug-likeness (QED) is 0.761. The van der Waals surface area contributed by atoms with Gasteiger partial charge in [0.05, 0.1) is 11.0 Å². The van der Waals surface area contributed by atoms with Gasteiger partial charge in [-0.2, -0.15) is 0 Å². The molecular formula is C13H26N2O2S. The van der Waals surface area contributed by atoms with Gasteiger partial charge in [-0.15, -0.1) is 0 Å². The Kier molecular flexibility index (Phi) is 5.04. The molecule has 0 bridgehead atoms. The highest BCUT2D eigenvalue weighted by molar-refractivity contribution is 7.92. The van der Waals surface area contributed by atoms with E-state index in [4.69, 9.17) is 0 Å². The highest BCUT2D eigenvalue weighted by Crippen LogP contribution is 2.19. The number of piperidine rings is 1. The summed E-state index contributed by atoms with van der Waals surface area (Å²) >= 11 is 0. The lowest BCUT2D eigenvalue weighted by Crippen LogP contribution is -2.39. The van der Waals surface area contributed by atoms with Gasteiger partial charge < -0.3 is 10.2 Å². The second kappa shape index (κ2) is 6.35. The van der Waals surface area contributed by atoms with E-state index in [1.54, 1.807) is 0 Å². The Morgan fingerprint density at radius 2 is 2.06 bits per heavy atom. The van der Waals surface area contributed by atoms with Crippen LogP contribution in [-0.4, -0.2) is 57.0 Å². The lowest BCUT2D eigenvalue weighted by atomic mass is 10.0. The Hall–Kier alpha value is -0.130. The molecule has 18 heavy (non-hydrogen) atoms. The molecule has 2 aliphatic rings. The number of sulfone groups is 1. The van der Waals surface area contributed by atoms with E-state index in [1.807, 2.05) is 0 Å². The van der Waals surface area contributed by atoms with Gasteiger partial charge in [0.15, 0.2) is 9.84 Å². The second-order valence-electron chi connectivity index (χ2n) is 5.75. The number of nitrogens with zero attached hydrogens (tertiary/aromatic N) is 1. The minimum absolute atomic E-state index is 0.124. The summed E-state index contributed by atoms with van der Waals surface area (Å²) in [5, 5.41) is 3.22. The number of likely N-dealkylation sites (tertiary alicyclic amines) is 1. The van der Waals surface area contributed by atoms with Crippen LogP contribution in [-0.2, 0) is 9.84 Å². The van der Waals surface area contributed by atoms with E-state index in [1.165, 1.54) is 25.8 Å². The first kappa shape index (κ1) is 14.3. The molecule has 0 aliphatic carbocycles. The van der Waals surface area contributed by atoms with Crippen molar-refractivity contribution in [3.05, 3.63) is 0 Å². The van der Waals surface area contributed by atoms with Crippen molar-refractivity contribution in [3.63, 3.8) is 0 Å². The largest absolute Gasteiger partial charge is 0.315 e. The van der Waals surface area contributed by atoms with Gasteiger partial charge in [0, 0.05) is 12.6 Å². The maximum atomic E-state index is 11.7. The van der Waals surface area contributed by atoms with Crippen LogP contribution in [0.5, 0.6) is 0 Å². The molecule has 2 atom stereocenters. The van der Waals surface area contributed by atoms with Gasteiger partial charge in [0.2, 0.25) is 0 Å².